The van der Waals surface area contributed by atoms with Crippen molar-refractivity contribution in [1.29, 1.82) is 0 Å². The minimum absolute atomic E-state index is 0.144. The third kappa shape index (κ3) is 5.74. The predicted octanol–water partition coefficient (Wildman–Crippen LogP) is -0.240. The topological polar surface area (TPSA) is 200 Å². The number of esters is 1. The molecule has 15 nitrogen and oxygen atoms in total. The van der Waals surface area contributed by atoms with Gasteiger partial charge < -0.3 is 20.5 Å². The van der Waals surface area contributed by atoms with Crippen LogP contribution >= 0.6 is 11.8 Å². The van der Waals surface area contributed by atoms with Crippen molar-refractivity contribution >= 4 is 63.3 Å². The fourth-order valence-corrected chi connectivity index (χ4v) is 6.50. The van der Waals surface area contributed by atoms with Crippen LogP contribution in [0, 0.1) is 0 Å². The van der Waals surface area contributed by atoms with Crippen LogP contribution in [0.5, 0.6) is 0 Å². The first-order chi connectivity index (χ1) is 18.8. The minimum Gasteiger partial charge on any atom is -0.477 e. The zero-order chi connectivity index (χ0) is 29.4. The molecule has 0 bridgehead atoms. The summed E-state index contributed by atoms with van der Waals surface area (Å²) in [6.07, 6.45) is 0.596. The smallest absolute Gasteiger partial charge is 0.352 e. The molecule has 3 heterocycles. The third-order valence-electron chi connectivity index (χ3n) is 6.24. The van der Waals surface area contributed by atoms with Gasteiger partial charge in [0.15, 0.2) is 0 Å². The molecule has 4 rings (SSSR count). The Morgan fingerprint density at radius 3 is 2.48 bits per heavy atom. The maximum atomic E-state index is 12.9. The van der Waals surface area contributed by atoms with E-state index in [0.29, 0.717) is 9.87 Å². The number of rotatable bonds is 8. The van der Waals surface area contributed by atoms with Crippen molar-refractivity contribution in [3.63, 3.8) is 0 Å². The highest BCUT2D eigenvalue weighted by Crippen LogP contribution is 2.40. The van der Waals surface area contributed by atoms with Crippen LogP contribution in [0.15, 0.2) is 35.5 Å². The zero-order valence-electron chi connectivity index (χ0n) is 21.3. The van der Waals surface area contributed by atoms with E-state index in [2.05, 4.69) is 10.6 Å². The van der Waals surface area contributed by atoms with E-state index in [-0.39, 0.29) is 48.8 Å². The van der Waals surface area contributed by atoms with Gasteiger partial charge >= 0.3 is 24.0 Å². The molecule has 2 atom stereocenters. The summed E-state index contributed by atoms with van der Waals surface area (Å²) in [5, 5.41) is 14.1. The third-order valence-corrected chi connectivity index (χ3v) is 8.72. The summed E-state index contributed by atoms with van der Waals surface area (Å²) in [4.78, 5) is 75.5. The summed E-state index contributed by atoms with van der Waals surface area (Å²) in [5.74, 6) is -2.98. The first kappa shape index (κ1) is 28.9. The average molecular weight is 596 g/mol. The number of fused-ring (bicyclic) bond motifs is 1. The summed E-state index contributed by atoms with van der Waals surface area (Å²) in [5.41, 5.74) is 0.546. The van der Waals surface area contributed by atoms with Gasteiger partial charge in [-0.25, -0.2) is 32.0 Å². The van der Waals surface area contributed by atoms with E-state index in [0.717, 1.165) is 16.1 Å². The van der Waals surface area contributed by atoms with Crippen LogP contribution in [0.2, 0.25) is 0 Å². The molecule has 3 aliphatic rings. The Hall–Kier alpha value is -4.12. The highest BCUT2D eigenvalue weighted by atomic mass is 32.2. The van der Waals surface area contributed by atoms with E-state index in [1.165, 1.54) is 24.8 Å². The molecule has 2 fully saturated rings. The molecule has 2 saturated heterocycles. The molecule has 40 heavy (non-hydrogen) atoms. The standard InChI is InChI=1S/C23H25N5O10S2/c1-12(29)38-10-14-11-39-20-17(19(31)28(20)18(14)21(32)33)25-16(30)9-13-5-3-4-6-15(13)24-22(34)26-7-8-27(23(26)35)40(2,36)37/h3-6,17,20H,7-11H2,1-2H3,(H,24,34)(H,25,30)(H,32,33)/t17?,20-/m1/s1. The quantitative estimate of drug-likeness (QED) is 0.265. The largest absolute Gasteiger partial charge is 0.477 e. The maximum absolute atomic E-state index is 12.9. The molecule has 0 radical (unpaired) electrons. The fraction of sp³-hybridized carbons (Fsp3) is 0.391. The lowest BCUT2D eigenvalue weighted by atomic mass is 10.0. The molecule has 1 aromatic carbocycles. The van der Waals surface area contributed by atoms with Gasteiger partial charge in [0, 0.05) is 23.9 Å². The van der Waals surface area contributed by atoms with Crippen LogP contribution in [0.1, 0.15) is 12.5 Å². The van der Waals surface area contributed by atoms with Gasteiger partial charge in [0.05, 0.1) is 25.8 Å². The first-order valence-electron chi connectivity index (χ1n) is 11.8. The molecule has 0 aromatic heterocycles. The lowest BCUT2D eigenvalue weighted by Gasteiger charge is -2.49. The van der Waals surface area contributed by atoms with Crippen LogP contribution in [0.3, 0.4) is 0 Å². The number of carboxylic acids is 1. The Kier molecular flexibility index (Phi) is 8.06. The summed E-state index contributed by atoms with van der Waals surface area (Å²) >= 11 is 1.22. The predicted molar refractivity (Wildman–Crippen MR) is 139 cm³/mol. The normalized spacial score (nSPS) is 20.6. The van der Waals surface area contributed by atoms with Gasteiger partial charge in [-0.2, -0.15) is 0 Å². The summed E-state index contributed by atoms with van der Waals surface area (Å²) < 4.78 is 28.9. The van der Waals surface area contributed by atoms with Gasteiger partial charge in [-0.1, -0.05) is 18.2 Å². The number of benzene rings is 1. The number of ether oxygens (including phenoxy) is 1. The van der Waals surface area contributed by atoms with Gasteiger partial charge in [-0.05, 0) is 11.6 Å². The molecule has 6 amide bonds. The fourth-order valence-electron chi connectivity index (χ4n) is 4.37. The molecule has 0 aliphatic carbocycles. The Morgan fingerprint density at radius 2 is 1.85 bits per heavy atom. The number of urea groups is 2. The van der Waals surface area contributed by atoms with Crippen LogP contribution in [0.25, 0.3) is 0 Å². The number of nitrogens with zero attached hydrogens (tertiary/aromatic N) is 3. The van der Waals surface area contributed by atoms with Crippen molar-refractivity contribution in [1.82, 2.24) is 19.4 Å². The van der Waals surface area contributed by atoms with Crippen LogP contribution in [-0.4, -0.2) is 107 Å². The van der Waals surface area contributed by atoms with E-state index in [4.69, 9.17) is 4.74 Å². The molecule has 0 spiro atoms. The van der Waals surface area contributed by atoms with Gasteiger partial charge in [0.2, 0.25) is 15.9 Å². The van der Waals surface area contributed by atoms with E-state index < -0.39 is 57.3 Å². The molecule has 3 aliphatic heterocycles. The second-order valence-corrected chi connectivity index (χ2v) is 12.0. The number of thioether (sulfide) groups is 1. The zero-order valence-corrected chi connectivity index (χ0v) is 22.9. The lowest BCUT2D eigenvalue weighted by molar-refractivity contribution is -0.151. The van der Waals surface area contributed by atoms with Crippen molar-refractivity contribution in [2.75, 3.05) is 37.0 Å². The van der Waals surface area contributed by atoms with Crippen LogP contribution in [0.4, 0.5) is 15.3 Å². The highest BCUT2D eigenvalue weighted by molar-refractivity contribution is 8.00. The molecule has 1 unspecified atom stereocenters. The molecule has 0 saturated carbocycles. The van der Waals surface area contributed by atoms with E-state index >= 15 is 0 Å². The Balaban J connectivity index is 1.40. The molecule has 1 aromatic rings. The Morgan fingerprint density at radius 1 is 1.15 bits per heavy atom. The van der Waals surface area contributed by atoms with Crippen molar-refractivity contribution < 1.29 is 47.0 Å². The van der Waals surface area contributed by atoms with Crippen LogP contribution < -0.4 is 10.6 Å². The molecule has 214 valence electrons. The van der Waals surface area contributed by atoms with Crippen LogP contribution in [-0.2, 0) is 40.4 Å². The van der Waals surface area contributed by atoms with Gasteiger partial charge in [0.25, 0.3) is 5.91 Å². The number of para-hydroxylation sites is 1. The number of amides is 6. The number of nitrogens with one attached hydrogen (secondary N) is 2. The second-order valence-electron chi connectivity index (χ2n) is 9.03. The monoisotopic (exact) mass is 595 g/mol. The number of β-lactam (4-membered cyclic amide) rings is 1. The number of carbonyl (C=O) groups is 6. The molecule has 3 N–H and O–H groups in total. The first-order valence-corrected chi connectivity index (χ1v) is 14.7. The van der Waals surface area contributed by atoms with Crippen molar-refractivity contribution in [3.8, 4) is 0 Å². The molecular weight excluding hydrogens is 570 g/mol. The number of hydrogen-bond acceptors (Lipinski definition) is 10. The van der Waals surface area contributed by atoms with E-state index in [9.17, 15) is 42.3 Å². The number of anilines is 1. The average Bonchev–Trinajstić information content (AvgIpc) is 3.28. The number of carboxylic acid groups (broad SMARTS) is 1. The number of hydrogen-bond donors (Lipinski definition) is 3. The number of sulfonamides is 1. The van der Waals surface area contributed by atoms with Gasteiger partial charge in [-0.15, -0.1) is 11.8 Å². The van der Waals surface area contributed by atoms with Gasteiger partial charge in [-0.3, -0.25) is 19.3 Å². The van der Waals surface area contributed by atoms with Gasteiger partial charge in [0.1, 0.15) is 23.7 Å². The van der Waals surface area contributed by atoms with Crippen molar-refractivity contribution in [2.45, 2.75) is 24.8 Å². The molecule has 17 heteroatoms. The highest BCUT2D eigenvalue weighted by Gasteiger charge is 2.54. The number of imide groups is 1. The Labute approximate surface area is 232 Å². The summed E-state index contributed by atoms with van der Waals surface area (Å²) in [6.45, 7) is 0.595. The number of carbonyl (C=O) groups excluding carboxylic acids is 5. The minimum atomic E-state index is -3.83. The second kappa shape index (κ2) is 11.2. The lowest BCUT2D eigenvalue weighted by Crippen LogP contribution is -2.70. The maximum Gasteiger partial charge on any atom is 0.352 e. The van der Waals surface area contributed by atoms with E-state index in [1.807, 2.05) is 0 Å². The summed E-state index contributed by atoms with van der Waals surface area (Å²) in [7, 11) is -3.83. The molecular formula is C23H25N5O10S2. The Bertz CT molecular complexity index is 1440. The van der Waals surface area contributed by atoms with Crippen molar-refractivity contribution in [2.24, 2.45) is 0 Å². The van der Waals surface area contributed by atoms with E-state index in [1.54, 1.807) is 18.2 Å². The van der Waals surface area contributed by atoms with Crippen molar-refractivity contribution in [3.05, 3.63) is 41.1 Å². The number of aliphatic carboxylic acids is 1. The SMILES string of the molecule is CC(=O)OCC1=C(C(=O)O)N2C(=O)C(NC(=O)Cc3ccccc3NC(=O)N3CCN(S(C)(=O)=O)C3=O)[C@H]2SC1. The summed E-state index contributed by atoms with van der Waals surface area (Å²) in [6, 6.07) is 3.41.